The van der Waals surface area contributed by atoms with Gasteiger partial charge in [0.05, 0.1) is 18.1 Å². The van der Waals surface area contributed by atoms with Gasteiger partial charge in [-0.1, -0.05) is 0 Å². The molecule has 0 amide bonds. The summed E-state index contributed by atoms with van der Waals surface area (Å²) in [5.41, 5.74) is -1.25. The molecule has 6 nitrogen and oxygen atoms in total. The molecule has 0 spiro atoms. The number of phenolic OH excluding ortho intramolecular Hbond substituents is 1. The Hall–Kier alpha value is -2.72. The predicted molar refractivity (Wildman–Crippen MR) is 110 cm³/mol. The van der Waals surface area contributed by atoms with Crippen LogP contribution in [0.5, 0.6) is 23.0 Å². The van der Waals surface area contributed by atoms with Crippen LogP contribution in [0.3, 0.4) is 0 Å². The third kappa shape index (κ3) is 4.71. The van der Waals surface area contributed by atoms with Crippen LogP contribution in [0.1, 0.15) is 11.3 Å². The van der Waals surface area contributed by atoms with E-state index >= 15 is 0 Å². The Bertz CT molecular complexity index is 1090. The second kappa shape index (κ2) is 8.97. The third-order valence-corrected chi connectivity index (χ3v) is 4.11. The van der Waals surface area contributed by atoms with Crippen molar-refractivity contribution in [3.63, 3.8) is 0 Å². The van der Waals surface area contributed by atoms with Crippen molar-refractivity contribution in [3.05, 3.63) is 57.9 Å². The minimum atomic E-state index is -4.99. The zero-order chi connectivity index (χ0) is 21.3. The molecule has 10 heteroatoms. The summed E-state index contributed by atoms with van der Waals surface area (Å²) in [5.74, 6) is -2.34. The van der Waals surface area contributed by atoms with Crippen molar-refractivity contribution >= 4 is 28.0 Å². The summed E-state index contributed by atoms with van der Waals surface area (Å²) < 4.78 is 56.4. The number of aromatic hydroxyl groups is 1. The van der Waals surface area contributed by atoms with Crippen LogP contribution in [0.15, 0.2) is 45.6 Å². The molecular weight excluding hydrogens is 471 g/mol. The van der Waals surface area contributed by atoms with E-state index in [1.807, 2.05) is 0 Å². The fraction of sp³-hybridized carbons (Fsp3) is 0.250. The SMILES string of the molecule is Br.COc1ccc(Oc2c(C(F)(F)F)oc3c(CN(C)C)c(O)ccc3c2=O)cc1. The topological polar surface area (TPSA) is 72.1 Å². The van der Waals surface area contributed by atoms with Gasteiger partial charge in [-0.3, -0.25) is 4.79 Å². The van der Waals surface area contributed by atoms with E-state index in [0.717, 1.165) is 0 Å². The van der Waals surface area contributed by atoms with Gasteiger partial charge in [0.15, 0.2) is 0 Å². The Balaban J connectivity index is 0.00000320. The average molecular weight is 490 g/mol. The minimum absolute atomic E-state index is 0. The van der Waals surface area contributed by atoms with Gasteiger partial charge in [-0.25, -0.2) is 0 Å². The van der Waals surface area contributed by atoms with Gasteiger partial charge in [0.2, 0.25) is 11.2 Å². The van der Waals surface area contributed by atoms with Crippen molar-refractivity contribution in [1.82, 2.24) is 4.90 Å². The second-order valence-electron chi connectivity index (χ2n) is 6.54. The van der Waals surface area contributed by atoms with E-state index in [-0.39, 0.29) is 51.6 Å². The molecule has 3 rings (SSSR count). The highest BCUT2D eigenvalue weighted by molar-refractivity contribution is 8.93. The van der Waals surface area contributed by atoms with Gasteiger partial charge in [0, 0.05) is 6.54 Å². The van der Waals surface area contributed by atoms with Gasteiger partial charge < -0.3 is 23.9 Å². The standard InChI is InChI=1S/C20H18F3NO5.BrH/c1-24(2)10-14-15(25)9-8-13-16(26)18(19(20(21,22)23)29-17(13)14)28-12-6-4-11(27-3)5-7-12;/h4-9,25H,10H2,1-3H3;1H. The smallest absolute Gasteiger partial charge is 0.453 e. The Labute approximate surface area is 180 Å². The van der Waals surface area contributed by atoms with Crippen LogP contribution in [0.4, 0.5) is 13.2 Å². The molecule has 0 radical (unpaired) electrons. The fourth-order valence-corrected chi connectivity index (χ4v) is 2.80. The number of methoxy groups -OCH3 is 1. The number of halogens is 4. The number of fused-ring (bicyclic) bond motifs is 1. The van der Waals surface area contributed by atoms with E-state index in [9.17, 15) is 23.1 Å². The number of hydrogen-bond acceptors (Lipinski definition) is 6. The Morgan fingerprint density at radius 2 is 1.67 bits per heavy atom. The summed E-state index contributed by atoms with van der Waals surface area (Å²) >= 11 is 0. The highest BCUT2D eigenvalue weighted by atomic mass is 79.9. The first-order chi connectivity index (χ1) is 13.6. The molecule has 0 atom stereocenters. The van der Waals surface area contributed by atoms with Gasteiger partial charge in [0.1, 0.15) is 22.8 Å². The van der Waals surface area contributed by atoms with Crippen molar-refractivity contribution < 1.29 is 32.2 Å². The summed E-state index contributed by atoms with van der Waals surface area (Å²) in [6.07, 6.45) is -4.99. The van der Waals surface area contributed by atoms with E-state index in [0.29, 0.717) is 5.75 Å². The number of alkyl halides is 3. The molecule has 3 aromatic rings. The maximum Gasteiger partial charge on any atom is 0.453 e. The maximum atomic E-state index is 13.7. The molecule has 0 aliphatic rings. The number of ether oxygens (including phenoxy) is 2. The van der Waals surface area contributed by atoms with Gasteiger partial charge in [-0.05, 0) is 50.5 Å². The van der Waals surface area contributed by atoms with Gasteiger partial charge >= 0.3 is 6.18 Å². The van der Waals surface area contributed by atoms with Crippen molar-refractivity contribution in [1.29, 1.82) is 0 Å². The predicted octanol–water partition coefficient (Wildman–Crippen LogP) is 4.96. The first-order valence-corrected chi connectivity index (χ1v) is 8.47. The molecule has 0 saturated carbocycles. The molecule has 162 valence electrons. The maximum absolute atomic E-state index is 13.7. The van der Waals surface area contributed by atoms with Crippen molar-refractivity contribution in [2.24, 2.45) is 0 Å². The first kappa shape index (κ1) is 23.6. The number of hydrogen-bond donors (Lipinski definition) is 1. The highest BCUT2D eigenvalue weighted by Crippen LogP contribution is 2.40. The number of benzene rings is 2. The molecule has 0 unspecified atom stereocenters. The average Bonchev–Trinajstić information content (AvgIpc) is 2.65. The lowest BCUT2D eigenvalue weighted by atomic mass is 10.1. The Morgan fingerprint density at radius 3 is 2.20 bits per heavy atom. The number of phenols is 1. The van der Waals surface area contributed by atoms with Crippen molar-refractivity contribution in [2.45, 2.75) is 12.7 Å². The Morgan fingerprint density at radius 1 is 1.07 bits per heavy atom. The summed E-state index contributed by atoms with van der Waals surface area (Å²) in [7, 11) is 4.78. The van der Waals surface area contributed by atoms with Gasteiger partial charge in [-0.15, -0.1) is 17.0 Å². The molecule has 0 bridgehead atoms. The van der Waals surface area contributed by atoms with Crippen LogP contribution in [0.2, 0.25) is 0 Å². The molecule has 0 aliphatic carbocycles. The Kier molecular flexibility index (Phi) is 7.04. The monoisotopic (exact) mass is 489 g/mol. The van der Waals surface area contributed by atoms with Crippen LogP contribution in [0.25, 0.3) is 11.0 Å². The minimum Gasteiger partial charge on any atom is -0.507 e. The molecule has 0 saturated heterocycles. The van der Waals surface area contributed by atoms with Crippen LogP contribution < -0.4 is 14.9 Å². The lowest BCUT2D eigenvalue weighted by Crippen LogP contribution is -2.17. The van der Waals surface area contributed by atoms with E-state index in [4.69, 9.17) is 13.9 Å². The van der Waals surface area contributed by atoms with E-state index in [2.05, 4.69) is 0 Å². The number of rotatable bonds is 5. The quantitative estimate of drug-likeness (QED) is 0.546. The lowest BCUT2D eigenvalue weighted by Gasteiger charge is -2.17. The van der Waals surface area contributed by atoms with Crippen molar-refractivity contribution in [3.8, 4) is 23.0 Å². The zero-order valence-corrected chi connectivity index (χ0v) is 18.0. The molecular formula is C20H19BrF3NO5. The summed E-state index contributed by atoms with van der Waals surface area (Å²) in [4.78, 5) is 14.5. The third-order valence-electron chi connectivity index (χ3n) is 4.11. The summed E-state index contributed by atoms with van der Waals surface area (Å²) in [5, 5.41) is 9.95. The van der Waals surface area contributed by atoms with Gasteiger partial charge in [-0.2, -0.15) is 13.2 Å². The summed E-state index contributed by atoms with van der Waals surface area (Å²) in [6.45, 7) is 0.0715. The van der Waals surface area contributed by atoms with Crippen LogP contribution in [-0.2, 0) is 12.7 Å². The van der Waals surface area contributed by atoms with E-state index in [1.165, 1.54) is 43.5 Å². The lowest BCUT2D eigenvalue weighted by molar-refractivity contribution is -0.154. The largest absolute Gasteiger partial charge is 0.507 e. The second-order valence-corrected chi connectivity index (χ2v) is 6.54. The molecule has 1 aromatic heterocycles. The van der Waals surface area contributed by atoms with Crippen LogP contribution >= 0.6 is 17.0 Å². The zero-order valence-electron chi connectivity index (χ0n) is 16.2. The summed E-state index contributed by atoms with van der Waals surface area (Å²) in [6, 6.07) is 8.16. The van der Waals surface area contributed by atoms with Crippen molar-refractivity contribution in [2.75, 3.05) is 21.2 Å². The van der Waals surface area contributed by atoms with Crippen LogP contribution in [0, 0.1) is 0 Å². The molecule has 0 aliphatic heterocycles. The molecule has 2 aromatic carbocycles. The molecule has 30 heavy (non-hydrogen) atoms. The normalized spacial score (nSPS) is 11.4. The number of nitrogens with zero attached hydrogens (tertiary/aromatic N) is 1. The van der Waals surface area contributed by atoms with Crippen LogP contribution in [-0.4, -0.2) is 31.2 Å². The first-order valence-electron chi connectivity index (χ1n) is 8.47. The van der Waals surface area contributed by atoms with E-state index in [1.54, 1.807) is 19.0 Å². The highest BCUT2D eigenvalue weighted by Gasteiger charge is 2.41. The fourth-order valence-electron chi connectivity index (χ4n) is 2.80. The molecule has 1 heterocycles. The molecule has 1 N–H and O–H groups in total. The van der Waals surface area contributed by atoms with Gasteiger partial charge in [0.25, 0.3) is 5.76 Å². The molecule has 0 fully saturated rings. The van der Waals surface area contributed by atoms with E-state index < -0.39 is 23.1 Å².